The molecule has 0 aliphatic rings. The molecule has 0 saturated carbocycles. The molecule has 0 fully saturated rings. The fourth-order valence-corrected chi connectivity index (χ4v) is 2.51. The number of nitrogens with two attached hydrogens (primary N) is 1. The highest BCUT2D eigenvalue weighted by Crippen LogP contribution is 2.33. The molecule has 0 aromatic heterocycles. The Morgan fingerprint density at radius 3 is 2.65 bits per heavy atom. The maximum Gasteiger partial charge on any atom is 0.123 e. The molecule has 2 atom stereocenters. The summed E-state index contributed by atoms with van der Waals surface area (Å²) in [5.41, 5.74) is 6.99. The number of nitrogens with one attached hydrogen (secondary N) is 1. The second-order valence-electron chi connectivity index (χ2n) is 4.06. The minimum absolute atomic E-state index is 0.220. The second-order valence-corrected chi connectivity index (χ2v) is 4.97. The largest absolute Gasteiger partial charge is 0.496 e. The molecule has 0 bridgehead atoms. The summed E-state index contributed by atoms with van der Waals surface area (Å²) in [6, 6.07) is 6.28. The Hall–Kier alpha value is -0.580. The molecule has 2 unspecified atom stereocenters. The normalized spacial score (nSPS) is 14.4. The standard InChI is InChI=1S/C13H21BrN2O/c1-4-9(8-15)13(16-2)11-7-10(14)5-6-12(11)17-3/h5-7,9,13,16H,4,8,15H2,1-3H3. The van der Waals surface area contributed by atoms with E-state index in [9.17, 15) is 0 Å². The van der Waals surface area contributed by atoms with E-state index in [1.807, 2.05) is 19.2 Å². The van der Waals surface area contributed by atoms with Crippen molar-refractivity contribution in [2.75, 3.05) is 20.7 Å². The topological polar surface area (TPSA) is 47.3 Å². The van der Waals surface area contributed by atoms with Gasteiger partial charge >= 0.3 is 0 Å². The highest BCUT2D eigenvalue weighted by atomic mass is 79.9. The number of hydrogen-bond acceptors (Lipinski definition) is 3. The fourth-order valence-electron chi connectivity index (χ4n) is 2.13. The van der Waals surface area contributed by atoms with Crippen LogP contribution in [0.25, 0.3) is 0 Å². The Labute approximate surface area is 112 Å². The van der Waals surface area contributed by atoms with Gasteiger partial charge in [-0.3, -0.25) is 0 Å². The molecule has 4 heteroatoms. The Bertz CT molecular complexity index is 353. The van der Waals surface area contributed by atoms with Gasteiger partial charge in [-0.25, -0.2) is 0 Å². The monoisotopic (exact) mass is 300 g/mol. The molecule has 3 nitrogen and oxygen atoms in total. The summed E-state index contributed by atoms with van der Waals surface area (Å²) >= 11 is 3.50. The molecule has 0 heterocycles. The van der Waals surface area contributed by atoms with Crippen molar-refractivity contribution in [1.82, 2.24) is 5.32 Å². The Morgan fingerprint density at radius 2 is 2.18 bits per heavy atom. The third-order valence-electron chi connectivity index (χ3n) is 3.14. The van der Waals surface area contributed by atoms with Crippen molar-refractivity contribution in [3.8, 4) is 5.75 Å². The van der Waals surface area contributed by atoms with Gasteiger partial charge in [-0.1, -0.05) is 29.3 Å². The van der Waals surface area contributed by atoms with Crippen LogP contribution in [0.5, 0.6) is 5.75 Å². The van der Waals surface area contributed by atoms with Crippen LogP contribution in [0.1, 0.15) is 24.9 Å². The summed E-state index contributed by atoms with van der Waals surface area (Å²) < 4.78 is 6.48. The van der Waals surface area contributed by atoms with Crippen molar-refractivity contribution in [3.63, 3.8) is 0 Å². The van der Waals surface area contributed by atoms with E-state index in [0.29, 0.717) is 12.5 Å². The van der Waals surface area contributed by atoms with Crippen LogP contribution in [-0.2, 0) is 0 Å². The van der Waals surface area contributed by atoms with Crippen LogP contribution in [-0.4, -0.2) is 20.7 Å². The zero-order valence-corrected chi connectivity index (χ0v) is 12.3. The number of methoxy groups -OCH3 is 1. The third-order valence-corrected chi connectivity index (χ3v) is 3.63. The molecule has 0 aliphatic carbocycles. The van der Waals surface area contributed by atoms with E-state index in [2.05, 4.69) is 34.2 Å². The molecule has 0 spiro atoms. The van der Waals surface area contributed by atoms with Gasteiger partial charge in [0.2, 0.25) is 0 Å². The van der Waals surface area contributed by atoms with Crippen LogP contribution in [0, 0.1) is 5.92 Å². The van der Waals surface area contributed by atoms with Gasteiger partial charge in [0.15, 0.2) is 0 Å². The van der Waals surface area contributed by atoms with Gasteiger partial charge in [0.25, 0.3) is 0 Å². The maximum atomic E-state index is 5.83. The first kappa shape index (κ1) is 14.5. The summed E-state index contributed by atoms with van der Waals surface area (Å²) in [6.07, 6.45) is 1.04. The molecule has 0 radical (unpaired) electrons. The first-order valence-electron chi connectivity index (χ1n) is 5.88. The Kier molecular flexibility index (Phi) is 5.95. The molecular formula is C13H21BrN2O. The predicted octanol–water partition coefficient (Wildman–Crippen LogP) is 2.70. The first-order chi connectivity index (χ1) is 8.17. The molecule has 17 heavy (non-hydrogen) atoms. The van der Waals surface area contributed by atoms with Crippen LogP contribution >= 0.6 is 15.9 Å². The van der Waals surface area contributed by atoms with Gasteiger partial charge in [-0.15, -0.1) is 0 Å². The molecule has 96 valence electrons. The lowest BCUT2D eigenvalue weighted by Crippen LogP contribution is -2.30. The van der Waals surface area contributed by atoms with Crippen molar-refractivity contribution in [2.45, 2.75) is 19.4 Å². The molecule has 3 N–H and O–H groups in total. The van der Waals surface area contributed by atoms with E-state index in [-0.39, 0.29) is 6.04 Å². The van der Waals surface area contributed by atoms with Crippen molar-refractivity contribution in [3.05, 3.63) is 28.2 Å². The highest BCUT2D eigenvalue weighted by Gasteiger charge is 2.22. The lowest BCUT2D eigenvalue weighted by atomic mass is 9.90. The van der Waals surface area contributed by atoms with Crippen LogP contribution < -0.4 is 15.8 Å². The number of hydrogen-bond donors (Lipinski definition) is 2. The number of ether oxygens (including phenoxy) is 1. The van der Waals surface area contributed by atoms with Gasteiger partial charge in [0.1, 0.15) is 5.75 Å². The summed E-state index contributed by atoms with van der Waals surface area (Å²) in [6.45, 7) is 2.82. The highest BCUT2D eigenvalue weighted by molar-refractivity contribution is 9.10. The van der Waals surface area contributed by atoms with E-state index in [0.717, 1.165) is 22.2 Å². The Morgan fingerprint density at radius 1 is 1.47 bits per heavy atom. The quantitative estimate of drug-likeness (QED) is 0.849. The zero-order chi connectivity index (χ0) is 12.8. The molecule has 0 amide bonds. The fraction of sp³-hybridized carbons (Fsp3) is 0.538. The summed E-state index contributed by atoms with van der Waals surface area (Å²) in [7, 11) is 3.66. The van der Waals surface area contributed by atoms with Crippen molar-refractivity contribution in [1.29, 1.82) is 0 Å². The predicted molar refractivity (Wildman–Crippen MR) is 75.3 cm³/mol. The van der Waals surface area contributed by atoms with Crippen LogP contribution in [0.3, 0.4) is 0 Å². The third kappa shape index (κ3) is 3.44. The van der Waals surface area contributed by atoms with Gasteiger partial charge in [0.05, 0.1) is 7.11 Å². The van der Waals surface area contributed by atoms with Gasteiger partial charge in [0, 0.05) is 16.1 Å². The van der Waals surface area contributed by atoms with Crippen molar-refractivity contribution in [2.24, 2.45) is 11.7 Å². The van der Waals surface area contributed by atoms with E-state index in [4.69, 9.17) is 10.5 Å². The first-order valence-corrected chi connectivity index (χ1v) is 6.67. The molecule has 1 rings (SSSR count). The minimum Gasteiger partial charge on any atom is -0.496 e. The lowest BCUT2D eigenvalue weighted by Gasteiger charge is -2.26. The van der Waals surface area contributed by atoms with Crippen molar-refractivity contribution < 1.29 is 4.74 Å². The van der Waals surface area contributed by atoms with Gasteiger partial charge < -0.3 is 15.8 Å². The van der Waals surface area contributed by atoms with E-state index < -0.39 is 0 Å². The van der Waals surface area contributed by atoms with Crippen molar-refractivity contribution >= 4 is 15.9 Å². The zero-order valence-electron chi connectivity index (χ0n) is 10.7. The van der Waals surface area contributed by atoms with E-state index in [1.165, 1.54) is 0 Å². The molecular weight excluding hydrogens is 280 g/mol. The number of benzene rings is 1. The Balaban J connectivity index is 3.13. The van der Waals surface area contributed by atoms with Gasteiger partial charge in [-0.05, 0) is 37.7 Å². The van der Waals surface area contributed by atoms with Gasteiger partial charge in [-0.2, -0.15) is 0 Å². The number of halogens is 1. The minimum atomic E-state index is 0.220. The molecule has 1 aromatic carbocycles. The van der Waals surface area contributed by atoms with Crippen LogP contribution in [0.4, 0.5) is 0 Å². The number of rotatable bonds is 6. The molecule has 1 aromatic rings. The molecule has 0 aliphatic heterocycles. The van der Waals surface area contributed by atoms with Crippen LogP contribution in [0.2, 0.25) is 0 Å². The summed E-state index contributed by atoms with van der Waals surface area (Å²) in [5.74, 6) is 1.31. The molecule has 0 saturated heterocycles. The lowest BCUT2D eigenvalue weighted by molar-refractivity contribution is 0.352. The van der Waals surface area contributed by atoms with E-state index >= 15 is 0 Å². The maximum absolute atomic E-state index is 5.83. The van der Waals surface area contributed by atoms with E-state index in [1.54, 1.807) is 7.11 Å². The average Bonchev–Trinajstić information content (AvgIpc) is 2.35. The summed E-state index contributed by atoms with van der Waals surface area (Å²) in [4.78, 5) is 0. The summed E-state index contributed by atoms with van der Waals surface area (Å²) in [5, 5.41) is 3.34. The average molecular weight is 301 g/mol. The van der Waals surface area contributed by atoms with Crippen LogP contribution in [0.15, 0.2) is 22.7 Å². The SMILES string of the molecule is CCC(CN)C(NC)c1cc(Br)ccc1OC. The smallest absolute Gasteiger partial charge is 0.123 e. The second kappa shape index (κ2) is 6.99.